The largest absolute Gasteiger partial charge is 0.495 e. The Bertz CT molecular complexity index is 1060. The van der Waals surface area contributed by atoms with Gasteiger partial charge >= 0.3 is 6.03 Å². The molecule has 2 amide bonds. The number of urea groups is 1. The van der Waals surface area contributed by atoms with E-state index in [1.165, 1.54) is 12.0 Å². The molecule has 3 aromatic rings. The van der Waals surface area contributed by atoms with Crippen molar-refractivity contribution < 1.29 is 9.53 Å². The molecule has 3 rings (SSSR count). The van der Waals surface area contributed by atoms with Crippen LogP contribution in [0.25, 0.3) is 10.9 Å². The van der Waals surface area contributed by atoms with Crippen LogP contribution in [0.2, 0.25) is 0 Å². The van der Waals surface area contributed by atoms with Gasteiger partial charge in [-0.3, -0.25) is 4.90 Å². The summed E-state index contributed by atoms with van der Waals surface area (Å²) >= 11 is 0. The minimum atomic E-state index is -0.589. The lowest BCUT2D eigenvalue weighted by molar-refractivity contribution is 0.254. The molecule has 0 aliphatic rings. The van der Waals surface area contributed by atoms with Crippen molar-refractivity contribution in [2.75, 3.05) is 30.4 Å². The Kier molecular flexibility index (Phi) is 5.61. The number of pyridine rings is 1. The van der Waals surface area contributed by atoms with Crippen molar-refractivity contribution >= 4 is 28.4 Å². The first kappa shape index (κ1) is 19.0. The van der Waals surface area contributed by atoms with Crippen molar-refractivity contribution in [3.63, 3.8) is 0 Å². The van der Waals surface area contributed by atoms with E-state index < -0.39 is 6.03 Å². The molecule has 1 aromatic heterocycles. The number of fused-ring (bicyclic) bond motifs is 1. The fraction of sp³-hybridized carbons (Fsp3) is 0.190. The van der Waals surface area contributed by atoms with Crippen LogP contribution in [0.5, 0.6) is 5.75 Å². The zero-order valence-electron chi connectivity index (χ0n) is 15.8. The number of nitriles is 1. The molecule has 0 fully saturated rings. The maximum Gasteiger partial charge on any atom is 0.319 e. The number of amides is 2. The average Bonchev–Trinajstić information content (AvgIpc) is 2.71. The average molecular weight is 375 g/mol. The van der Waals surface area contributed by atoms with Gasteiger partial charge in [0.05, 0.1) is 23.9 Å². The third kappa shape index (κ3) is 3.81. The summed E-state index contributed by atoms with van der Waals surface area (Å²) in [7, 11) is 1.54. The number of anilines is 2. The molecule has 0 spiro atoms. The summed E-state index contributed by atoms with van der Waals surface area (Å²) in [5.41, 5.74) is 8.45. The molecule has 142 valence electrons. The number of hydrogen-bond acceptors (Lipinski definition) is 5. The van der Waals surface area contributed by atoms with Crippen molar-refractivity contribution in [1.82, 2.24) is 4.98 Å². The van der Waals surface area contributed by atoms with Gasteiger partial charge in [-0.25, -0.2) is 9.78 Å². The van der Waals surface area contributed by atoms with E-state index in [0.717, 1.165) is 16.5 Å². The van der Waals surface area contributed by atoms with E-state index in [1.807, 2.05) is 43.3 Å². The van der Waals surface area contributed by atoms with Gasteiger partial charge in [0.15, 0.2) is 0 Å². The Morgan fingerprint density at radius 3 is 2.79 bits per heavy atom. The van der Waals surface area contributed by atoms with Crippen molar-refractivity contribution in [2.45, 2.75) is 6.92 Å². The first-order valence-corrected chi connectivity index (χ1v) is 8.79. The number of hydrogen-bond donors (Lipinski definition) is 2. The molecule has 0 bridgehead atoms. The van der Waals surface area contributed by atoms with E-state index in [1.54, 1.807) is 12.1 Å². The normalized spacial score (nSPS) is 10.3. The zero-order chi connectivity index (χ0) is 20.1. The molecule has 28 heavy (non-hydrogen) atoms. The molecule has 0 saturated carbocycles. The SMILES string of the molecule is COc1ccccc1N(CCNc1nc2c(C)cccc2cc1C#N)C(N)=O. The number of primary amides is 1. The van der Waals surface area contributed by atoms with Crippen molar-refractivity contribution in [3.05, 3.63) is 59.7 Å². The van der Waals surface area contributed by atoms with Crippen LogP contribution < -0.4 is 20.7 Å². The lowest BCUT2D eigenvalue weighted by Crippen LogP contribution is -2.39. The molecule has 1 heterocycles. The highest BCUT2D eigenvalue weighted by atomic mass is 16.5. The summed E-state index contributed by atoms with van der Waals surface area (Å²) in [6.45, 7) is 2.62. The van der Waals surface area contributed by atoms with Crippen molar-refractivity contribution in [1.29, 1.82) is 5.26 Å². The summed E-state index contributed by atoms with van der Waals surface area (Å²) < 4.78 is 5.31. The van der Waals surface area contributed by atoms with Crippen LogP contribution in [0, 0.1) is 18.3 Å². The standard InChI is InChI=1S/C21H21N5O2/c1-14-6-5-7-15-12-16(13-22)20(25-19(14)15)24-10-11-26(21(23)27)17-8-3-4-9-18(17)28-2/h3-9,12H,10-11H2,1-2H3,(H2,23,27)(H,24,25). The summed E-state index contributed by atoms with van der Waals surface area (Å²) in [6.07, 6.45) is 0. The predicted molar refractivity (Wildman–Crippen MR) is 110 cm³/mol. The highest BCUT2D eigenvalue weighted by Crippen LogP contribution is 2.27. The van der Waals surface area contributed by atoms with Crippen LogP contribution in [0.4, 0.5) is 16.3 Å². The molecule has 0 unspecified atom stereocenters. The lowest BCUT2D eigenvalue weighted by atomic mass is 10.1. The summed E-state index contributed by atoms with van der Waals surface area (Å²) in [6, 6.07) is 16.4. The van der Waals surface area contributed by atoms with Gasteiger partial charge in [0.2, 0.25) is 0 Å². The van der Waals surface area contributed by atoms with E-state index in [4.69, 9.17) is 10.5 Å². The van der Waals surface area contributed by atoms with Crippen LogP contribution in [0.3, 0.4) is 0 Å². The Morgan fingerprint density at radius 1 is 1.29 bits per heavy atom. The summed E-state index contributed by atoms with van der Waals surface area (Å²) in [5.74, 6) is 1.03. The first-order valence-electron chi connectivity index (χ1n) is 8.79. The highest BCUT2D eigenvalue weighted by Gasteiger charge is 2.17. The van der Waals surface area contributed by atoms with Crippen LogP contribution in [-0.4, -0.2) is 31.2 Å². The molecule has 0 radical (unpaired) electrons. The van der Waals surface area contributed by atoms with Gasteiger partial charge in [-0.15, -0.1) is 0 Å². The topological polar surface area (TPSA) is 104 Å². The number of ether oxygens (including phenoxy) is 1. The number of para-hydroxylation sites is 3. The molecule has 2 aromatic carbocycles. The van der Waals surface area contributed by atoms with Crippen LogP contribution >= 0.6 is 0 Å². The number of aryl methyl sites for hydroxylation is 1. The number of carbonyl (C=O) groups is 1. The lowest BCUT2D eigenvalue weighted by Gasteiger charge is -2.23. The Balaban J connectivity index is 1.82. The van der Waals surface area contributed by atoms with E-state index >= 15 is 0 Å². The Labute approximate surface area is 163 Å². The van der Waals surface area contributed by atoms with Crippen LogP contribution in [0.15, 0.2) is 48.5 Å². The third-order valence-corrected chi connectivity index (χ3v) is 4.44. The van der Waals surface area contributed by atoms with E-state index in [-0.39, 0.29) is 6.54 Å². The number of methoxy groups -OCH3 is 1. The highest BCUT2D eigenvalue weighted by molar-refractivity contribution is 5.92. The number of benzene rings is 2. The first-order chi connectivity index (χ1) is 13.5. The minimum absolute atomic E-state index is 0.286. The van der Waals surface area contributed by atoms with Gasteiger partial charge in [0, 0.05) is 18.5 Å². The van der Waals surface area contributed by atoms with E-state index in [9.17, 15) is 10.1 Å². The maximum atomic E-state index is 11.9. The molecule has 7 heteroatoms. The molecular weight excluding hydrogens is 354 g/mol. The fourth-order valence-corrected chi connectivity index (χ4v) is 3.05. The quantitative estimate of drug-likeness (QED) is 0.687. The molecule has 0 aliphatic heterocycles. The number of nitrogens with two attached hydrogens (primary N) is 1. The number of rotatable bonds is 6. The van der Waals surface area contributed by atoms with Gasteiger partial charge < -0.3 is 15.8 Å². The van der Waals surface area contributed by atoms with Gasteiger partial charge in [0.1, 0.15) is 17.6 Å². The molecule has 0 saturated heterocycles. The number of nitrogens with one attached hydrogen (secondary N) is 1. The van der Waals surface area contributed by atoms with Crippen LogP contribution in [0.1, 0.15) is 11.1 Å². The van der Waals surface area contributed by atoms with E-state index in [2.05, 4.69) is 16.4 Å². The molecule has 3 N–H and O–H groups in total. The fourth-order valence-electron chi connectivity index (χ4n) is 3.05. The van der Waals surface area contributed by atoms with Gasteiger partial charge in [0.25, 0.3) is 0 Å². The van der Waals surface area contributed by atoms with Crippen LogP contribution in [-0.2, 0) is 0 Å². The zero-order valence-corrected chi connectivity index (χ0v) is 15.8. The second kappa shape index (κ2) is 8.27. The smallest absolute Gasteiger partial charge is 0.319 e. The number of carbonyl (C=O) groups excluding carboxylic acids is 1. The molecule has 7 nitrogen and oxygen atoms in total. The van der Waals surface area contributed by atoms with Crippen molar-refractivity contribution in [2.24, 2.45) is 5.73 Å². The molecule has 0 aliphatic carbocycles. The Morgan fingerprint density at radius 2 is 2.07 bits per heavy atom. The summed E-state index contributed by atoms with van der Waals surface area (Å²) in [5, 5.41) is 13.5. The van der Waals surface area contributed by atoms with E-state index in [0.29, 0.717) is 29.4 Å². The van der Waals surface area contributed by atoms with Gasteiger partial charge in [-0.1, -0.05) is 30.3 Å². The predicted octanol–water partition coefficient (Wildman–Crippen LogP) is 3.42. The monoisotopic (exact) mass is 375 g/mol. The van der Waals surface area contributed by atoms with Gasteiger partial charge in [-0.2, -0.15) is 5.26 Å². The second-order valence-corrected chi connectivity index (χ2v) is 6.23. The molecular formula is C21H21N5O2. The maximum absolute atomic E-state index is 11.9. The second-order valence-electron chi connectivity index (χ2n) is 6.23. The number of nitrogens with zero attached hydrogens (tertiary/aromatic N) is 3. The van der Waals surface area contributed by atoms with Gasteiger partial charge in [-0.05, 0) is 30.7 Å². The number of aromatic nitrogens is 1. The molecule has 0 atom stereocenters. The Hall–Kier alpha value is -3.79. The third-order valence-electron chi connectivity index (χ3n) is 4.44. The summed E-state index contributed by atoms with van der Waals surface area (Å²) in [4.78, 5) is 18.0. The minimum Gasteiger partial charge on any atom is -0.495 e. The van der Waals surface area contributed by atoms with Crippen molar-refractivity contribution in [3.8, 4) is 11.8 Å².